The van der Waals surface area contributed by atoms with E-state index >= 15 is 0 Å². The van der Waals surface area contributed by atoms with Crippen LogP contribution in [0.3, 0.4) is 0 Å². The third-order valence-electron chi connectivity index (χ3n) is 2.48. The Balaban J connectivity index is 2.18. The van der Waals surface area contributed by atoms with Gasteiger partial charge in [0.15, 0.2) is 0 Å². The zero-order valence-electron chi connectivity index (χ0n) is 9.46. The van der Waals surface area contributed by atoms with Gasteiger partial charge in [0.2, 0.25) is 0 Å². The lowest BCUT2D eigenvalue weighted by Gasteiger charge is -2.22. The molecule has 2 nitrogen and oxygen atoms in total. The van der Waals surface area contributed by atoms with Crippen molar-refractivity contribution in [1.29, 1.82) is 0 Å². The minimum atomic E-state index is 0.0847. The Bertz CT molecular complexity index is 479. The molecule has 0 bridgehead atoms. The van der Waals surface area contributed by atoms with Crippen LogP contribution in [0.4, 0.5) is 5.82 Å². The van der Waals surface area contributed by atoms with E-state index in [4.69, 9.17) is 11.6 Å². The number of nitrogens with one attached hydrogen (secondary N) is 1. The van der Waals surface area contributed by atoms with Gasteiger partial charge in [0.1, 0.15) is 5.82 Å². The summed E-state index contributed by atoms with van der Waals surface area (Å²) in [6.07, 6.45) is 1.84. The van der Waals surface area contributed by atoms with Gasteiger partial charge < -0.3 is 5.32 Å². The van der Waals surface area contributed by atoms with Crippen molar-refractivity contribution >= 4 is 38.8 Å². The number of nitrogens with zero attached hydrogens (tertiary/aromatic N) is 1. The van der Waals surface area contributed by atoms with Crippen LogP contribution in [-0.2, 0) is 0 Å². The fourth-order valence-electron chi connectivity index (χ4n) is 1.41. The molecule has 1 N–H and O–H groups in total. The molecule has 0 aliphatic carbocycles. The molecule has 0 aliphatic heterocycles. The number of pyridine rings is 1. The highest BCUT2D eigenvalue weighted by Gasteiger charge is 2.16. The number of alkyl halides is 1. The summed E-state index contributed by atoms with van der Waals surface area (Å²) in [5, 5.41) is 6.66. The summed E-state index contributed by atoms with van der Waals surface area (Å²) in [6.45, 7) is 5.11. The second-order valence-electron chi connectivity index (χ2n) is 4.64. The Hall–Kier alpha value is -0.800. The first-order valence-corrected chi connectivity index (χ1v) is 6.66. The molecule has 2 aromatic rings. The van der Waals surface area contributed by atoms with E-state index in [2.05, 4.69) is 35.6 Å². The zero-order chi connectivity index (χ0) is 11.6. The molecule has 0 spiro atoms. The van der Waals surface area contributed by atoms with Gasteiger partial charge >= 0.3 is 0 Å². The average molecular weight is 255 g/mol. The first kappa shape index (κ1) is 11.7. The van der Waals surface area contributed by atoms with Crippen molar-refractivity contribution in [2.45, 2.75) is 13.8 Å². The van der Waals surface area contributed by atoms with Crippen LogP contribution in [0.2, 0.25) is 0 Å². The van der Waals surface area contributed by atoms with Crippen LogP contribution in [-0.4, -0.2) is 17.4 Å². The summed E-state index contributed by atoms with van der Waals surface area (Å²) < 4.78 is 1.26. The van der Waals surface area contributed by atoms with Crippen LogP contribution in [0, 0.1) is 5.41 Å². The van der Waals surface area contributed by atoms with Crippen molar-refractivity contribution in [3.8, 4) is 0 Å². The SMILES string of the molecule is CC(C)(CCl)CNc1nccc2sccc12. The van der Waals surface area contributed by atoms with Crippen molar-refractivity contribution in [2.24, 2.45) is 5.41 Å². The fraction of sp³-hybridized carbons (Fsp3) is 0.417. The highest BCUT2D eigenvalue weighted by molar-refractivity contribution is 7.17. The molecule has 0 saturated heterocycles. The zero-order valence-corrected chi connectivity index (χ0v) is 11.0. The molecule has 4 heteroatoms. The van der Waals surface area contributed by atoms with E-state index in [0.29, 0.717) is 5.88 Å². The molecule has 2 rings (SSSR count). The van der Waals surface area contributed by atoms with Crippen LogP contribution >= 0.6 is 22.9 Å². The van der Waals surface area contributed by atoms with Crippen LogP contribution < -0.4 is 5.32 Å². The molecule has 0 atom stereocenters. The summed E-state index contributed by atoms with van der Waals surface area (Å²) in [6, 6.07) is 4.14. The predicted octanol–water partition coefficient (Wildman–Crippen LogP) is 3.97. The standard InChI is InChI=1S/C12H15ClN2S/c1-12(2,7-13)8-15-11-9-4-6-16-10(9)3-5-14-11/h3-6H,7-8H2,1-2H3,(H,14,15). The molecule has 86 valence electrons. The second-order valence-corrected chi connectivity index (χ2v) is 5.86. The largest absolute Gasteiger partial charge is 0.369 e. The van der Waals surface area contributed by atoms with Crippen LogP contribution in [0.15, 0.2) is 23.7 Å². The molecule has 0 unspecified atom stereocenters. The first-order valence-electron chi connectivity index (χ1n) is 5.24. The van der Waals surface area contributed by atoms with Crippen molar-refractivity contribution < 1.29 is 0 Å². The summed E-state index contributed by atoms with van der Waals surface area (Å²) in [5.41, 5.74) is 0.0847. The quantitative estimate of drug-likeness (QED) is 0.835. The van der Waals surface area contributed by atoms with Gasteiger partial charge in [-0.1, -0.05) is 13.8 Å². The maximum absolute atomic E-state index is 5.90. The molecule has 0 amide bonds. The lowest BCUT2D eigenvalue weighted by Crippen LogP contribution is -2.25. The molecular formula is C12H15ClN2S. The summed E-state index contributed by atoms with van der Waals surface area (Å²) in [5.74, 6) is 1.59. The van der Waals surface area contributed by atoms with E-state index in [1.165, 1.54) is 10.1 Å². The van der Waals surface area contributed by atoms with Gasteiger partial charge in [-0.25, -0.2) is 4.98 Å². The van der Waals surface area contributed by atoms with Crippen molar-refractivity contribution in [3.63, 3.8) is 0 Å². The van der Waals surface area contributed by atoms with Crippen LogP contribution in [0.1, 0.15) is 13.8 Å². The topological polar surface area (TPSA) is 24.9 Å². The van der Waals surface area contributed by atoms with Gasteiger partial charge in [-0.05, 0) is 22.9 Å². The maximum Gasteiger partial charge on any atom is 0.134 e. The van der Waals surface area contributed by atoms with Crippen molar-refractivity contribution in [2.75, 3.05) is 17.7 Å². The Morgan fingerprint density at radius 3 is 3.00 bits per heavy atom. The molecule has 0 aromatic carbocycles. The summed E-state index contributed by atoms with van der Waals surface area (Å²) >= 11 is 7.63. The monoisotopic (exact) mass is 254 g/mol. The molecule has 2 heterocycles. The molecule has 0 fully saturated rings. The number of rotatable bonds is 4. The van der Waals surface area contributed by atoms with Crippen molar-refractivity contribution in [3.05, 3.63) is 23.7 Å². The molecular weight excluding hydrogens is 240 g/mol. The average Bonchev–Trinajstić information content (AvgIpc) is 2.75. The highest BCUT2D eigenvalue weighted by atomic mass is 35.5. The molecule has 0 saturated carbocycles. The number of anilines is 1. The van der Waals surface area contributed by atoms with E-state index in [9.17, 15) is 0 Å². The van der Waals surface area contributed by atoms with Gasteiger partial charge in [-0.3, -0.25) is 0 Å². The van der Waals surface area contributed by atoms with E-state index < -0.39 is 0 Å². The lowest BCUT2D eigenvalue weighted by atomic mass is 9.96. The van der Waals surface area contributed by atoms with E-state index in [0.717, 1.165) is 12.4 Å². The van der Waals surface area contributed by atoms with Gasteiger partial charge in [0, 0.05) is 28.7 Å². The fourth-order valence-corrected chi connectivity index (χ4v) is 2.28. The number of halogens is 1. The van der Waals surface area contributed by atoms with E-state index in [1.807, 2.05) is 12.3 Å². The maximum atomic E-state index is 5.90. The molecule has 16 heavy (non-hydrogen) atoms. The van der Waals surface area contributed by atoms with Gasteiger partial charge in [-0.2, -0.15) is 0 Å². The Labute approximate surface area is 105 Å². The number of hydrogen-bond donors (Lipinski definition) is 1. The van der Waals surface area contributed by atoms with Crippen molar-refractivity contribution in [1.82, 2.24) is 4.98 Å². The first-order chi connectivity index (χ1) is 7.62. The minimum absolute atomic E-state index is 0.0847. The smallest absolute Gasteiger partial charge is 0.134 e. The Kier molecular flexibility index (Phi) is 3.36. The normalized spacial score (nSPS) is 11.9. The number of thiophene rings is 1. The molecule has 0 aliphatic rings. The molecule has 2 aromatic heterocycles. The minimum Gasteiger partial charge on any atom is -0.369 e. The Morgan fingerprint density at radius 2 is 2.25 bits per heavy atom. The summed E-state index contributed by atoms with van der Waals surface area (Å²) in [7, 11) is 0. The number of fused-ring (bicyclic) bond motifs is 1. The third-order valence-corrected chi connectivity index (χ3v) is 4.08. The second kappa shape index (κ2) is 4.60. The van der Waals surface area contributed by atoms with Gasteiger partial charge in [0.25, 0.3) is 0 Å². The highest BCUT2D eigenvalue weighted by Crippen LogP contribution is 2.27. The Morgan fingerprint density at radius 1 is 1.44 bits per heavy atom. The van der Waals surface area contributed by atoms with E-state index in [1.54, 1.807) is 11.3 Å². The van der Waals surface area contributed by atoms with Crippen LogP contribution in [0.5, 0.6) is 0 Å². The van der Waals surface area contributed by atoms with Gasteiger partial charge in [0.05, 0.1) is 0 Å². The van der Waals surface area contributed by atoms with Gasteiger partial charge in [-0.15, -0.1) is 22.9 Å². The molecule has 0 radical (unpaired) electrons. The third kappa shape index (κ3) is 2.47. The lowest BCUT2D eigenvalue weighted by molar-refractivity contribution is 0.450. The van der Waals surface area contributed by atoms with E-state index in [-0.39, 0.29) is 5.41 Å². The number of aromatic nitrogens is 1. The van der Waals surface area contributed by atoms with Crippen LogP contribution in [0.25, 0.3) is 10.1 Å². The summed E-state index contributed by atoms with van der Waals surface area (Å²) in [4.78, 5) is 4.37. The number of hydrogen-bond acceptors (Lipinski definition) is 3. The predicted molar refractivity (Wildman–Crippen MR) is 72.6 cm³/mol.